The molecule has 1 saturated carbocycles. The van der Waals surface area contributed by atoms with Crippen LogP contribution in [0.1, 0.15) is 18.7 Å². The Morgan fingerprint density at radius 1 is 1.20 bits per heavy atom. The van der Waals surface area contributed by atoms with Gasteiger partial charge in [0.05, 0.1) is 5.02 Å². The monoisotopic (exact) mass is 288 g/mol. The fourth-order valence-electron chi connectivity index (χ4n) is 2.21. The number of hydrogen-bond donors (Lipinski definition) is 1. The lowest BCUT2D eigenvalue weighted by molar-refractivity contribution is -0.123. The Kier molecular flexibility index (Phi) is 3.14. The predicted molar refractivity (Wildman–Crippen MR) is 75.3 cm³/mol. The van der Waals surface area contributed by atoms with Crippen LogP contribution in [0.25, 0.3) is 11.1 Å². The van der Waals surface area contributed by atoms with Crippen molar-refractivity contribution in [2.45, 2.75) is 18.3 Å². The summed E-state index contributed by atoms with van der Waals surface area (Å²) in [6.45, 7) is 0. The van der Waals surface area contributed by atoms with E-state index in [0.29, 0.717) is 10.8 Å². The summed E-state index contributed by atoms with van der Waals surface area (Å²) in [4.78, 5) is 24.6. The van der Waals surface area contributed by atoms with Crippen molar-refractivity contribution in [3.05, 3.63) is 41.7 Å². The van der Waals surface area contributed by atoms with Gasteiger partial charge < -0.3 is 5.32 Å². The number of nitrogens with zero attached hydrogens (tertiary/aromatic N) is 3. The van der Waals surface area contributed by atoms with E-state index < -0.39 is 5.41 Å². The van der Waals surface area contributed by atoms with Gasteiger partial charge in [-0.25, -0.2) is 9.97 Å². The number of carbonyl (C=O) groups is 1. The van der Waals surface area contributed by atoms with E-state index in [-0.39, 0.29) is 5.91 Å². The lowest BCUT2D eigenvalue weighted by Crippen LogP contribution is -2.33. The number of likely N-dealkylation sites (N-methyl/N-ethyl adjacent to an activating group) is 1. The first-order valence-electron chi connectivity index (χ1n) is 6.31. The number of nitrogens with one attached hydrogen (secondary N) is 1. The summed E-state index contributed by atoms with van der Waals surface area (Å²) < 4.78 is 0. The summed E-state index contributed by atoms with van der Waals surface area (Å²) in [6, 6.07) is 1.80. The molecular weight excluding hydrogens is 276 g/mol. The van der Waals surface area contributed by atoms with Crippen LogP contribution in [0, 0.1) is 0 Å². The molecule has 1 fully saturated rings. The van der Waals surface area contributed by atoms with Crippen LogP contribution in [0.3, 0.4) is 0 Å². The Balaban J connectivity index is 1.91. The van der Waals surface area contributed by atoms with Crippen molar-refractivity contribution in [3.8, 4) is 11.1 Å². The van der Waals surface area contributed by atoms with Crippen LogP contribution in [0.15, 0.2) is 30.9 Å². The molecule has 2 heterocycles. The molecule has 0 aliphatic heterocycles. The highest BCUT2D eigenvalue weighted by atomic mass is 35.5. The number of pyridine rings is 1. The smallest absolute Gasteiger partial charge is 0.233 e. The normalized spacial score (nSPS) is 15.7. The molecule has 0 spiro atoms. The maximum atomic E-state index is 11.9. The molecule has 0 saturated heterocycles. The molecule has 1 aliphatic carbocycles. The molecule has 1 aliphatic rings. The number of amides is 1. The van der Waals surface area contributed by atoms with E-state index in [1.807, 2.05) is 0 Å². The maximum Gasteiger partial charge on any atom is 0.233 e. The number of carbonyl (C=O) groups excluding carboxylic acids is 1. The zero-order valence-corrected chi connectivity index (χ0v) is 11.7. The van der Waals surface area contributed by atoms with Crippen molar-refractivity contribution in [1.29, 1.82) is 0 Å². The largest absolute Gasteiger partial charge is 0.358 e. The molecule has 5 nitrogen and oxygen atoms in total. The maximum absolute atomic E-state index is 11.9. The summed E-state index contributed by atoms with van der Waals surface area (Å²) in [6.07, 6.45) is 8.29. The third kappa shape index (κ3) is 2.14. The topological polar surface area (TPSA) is 67.8 Å². The highest BCUT2D eigenvalue weighted by molar-refractivity contribution is 6.30. The van der Waals surface area contributed by atoms with Gasteiger partial charge in [0.25, 0.3) is 0 Å². The van der Waals surface area contributed by atoms with E-state index in [2.05, 4.69) is 20.3 Å². The van der Waals surface area contributed by atoms with Gasteiger partial charge in [0.2, 0.25) is 5.91 Å². The molecule has 3 rings (SSSR count). The number of hydrogen-bond acceptors (Lipinski definition) is 4. The summed E-state index contributed by atoms with van der Waals surface area (Å²) in [5, 5.41) is 3.24. The number of aromatic nitrogens is 3. The Labute approximate surface area is 121 Å². The molecule has 6 heteroatoms. The second kappa shape index (κ2) is 4.83. The summed E-state index contributed by atoms with van der Waals surface area (Å²) >= 11 is 5.91. The number of rotatable bonds is 3. The van der Waals surface area contributed by atoms with Crippen LogP contribution in [-0.2, 0) is 10.2 Å². The molecule has 102 valence electrons. The molecule has 1 N–H and O–H groups in total. The minimum absolute atomic E-state index is 0.0188. The average molecular weight is 289 g/mol. The average Bonchev–Trinajstić information content (AvgIpc) is 3.28. The van der Waals surface area contributed by atoms with Crippen LogP contribution < -0.4 is 5.32 Å². The van der Waals surface area contributed by atoms with Crippen molar-refractivity contribution >= 4 is 17.5 Å². The van der Waals surface area contributed by atoms with Gasteiger partial charge >= 0.3 is 0 Å². The van der Waals surface area contributed by atoms with Crippen LogP contribution in [0.2, 0.25) is 5.02 Å². The van der Waals surface area contributed by atoms with Gasteiger partial charge in [-0.05, 0) is 18.9 Å². The van der Waals surface area contributed by atoms with Crippen LogP contribution >= 0.6 is 11.6 Å². The van der Waals surface area contributed by atoms with Crippen molar-refractivity contribution in [2.75, 3.05) is 7.05 Å². The van der Waals surface area contributed by atoms with Crippen molar-refractivity contribution in [2.24, 2.45) is 0 Å². The first-order chi connectivity index (χ1) is 9.65. The van der Waals surface area contributed by atoms with E-state index in [4.69, 9.17) is 11.6 Å². The lowest BCUT2D eigenvalue weighted by atomic mass is 10.1. The molecule has 0 bridgehead atoms. The Bertz CT molecular complexity index is 652. The van der Waals surface area contributed by atoms with Crippen LogP contribution in [0.4, 0.5) is 0 Å². The van der Waals surface area contributed by atoms with E-state index >= 15 is 0 Å². The standard InChI is InChI=1S/C14H13ClN4O/c1-16-13(20)14(2-3-14)12-18-6-10(7-19-12)9-4-11(15)8-17-5-9/h4-8H,2-3H2,1H3,(H,16,20). The molecule has 20 heavy (non-hydrogen) atoms. The van der Waals surface area contributed by atoms with Crippen molar-refractivity contribution in [1.82, 2.24) is 20.3 Å². The molecule has 2 aromatic rings. The molecule has 0 atom stereocenters. The van der Waals surface area contributed by atoms with Gasteiger partial charge in [-0.2, -0.15) is 0 Å². The molecule has 2 aromatic heterocycles. The summed E-state index contributed by atoms with van der Waals surface area (Å²) in [7, 11) is 1.63. The number of halogens is 1. The van der Waals surface area contributed by atoms with Crippen molar-refractivity contribution in [3.63, 3.8) is 0 Å². The van der Waals surface area contributed by atoms with E-state index in [0.717, 1.165) is 24.0 Å². The quantitative estimate of drug-likeness (QED) is 0.937. The minimum Gasteiger partial charge on any atom is -0.358 e. The third-order valence-corrected chi connectivity index (χ3v) is 3.74. The highest BCUT2D eigenvalue weighted by Gasteiger charge is 2.53. The molecule has 0 aromatic carbocycles. The fourth-order valence-corrected chi connectivity index (χ4v) is 2.38. The Morgan fingerprint density at radius 2 is 1.90 bits per heavy atom. The van der Waals surface area contributed by atoms with E-state index in [1.54, 1.807) is 37.9 Å². The molecular formula is C14H13ClN4O. The van der Waals surface area contributed by atoms with Crippen molar-refractivity contribution < 1.29 is 4.79 Å². The SMILES string of the molecule is CNC(=O)C1(c2ncc(-c3cncc(Cl)c3)cn2)CC1. The second-order valence-corrected chi connectivity index (χ2v) is 5.28. The van der Waals surface area contributed by atoms with Gasteiger partial charge in [-0.15, -0.1) is 0 Å². The fraction of sp³-hybridized carbons (Fsp3) is 0.286. The summed E-state index contributed by atoms with van der Waals surface area (Å²) in [5.41, 5.74) is 1.16. The van der Waals surface area contributed by atoms with Gasteiger partial charge in [0.1, 0.15) is 11.2 Å². The first kappa shape index (κ1) is 13.0. The molecule has 1 amide bonds. The lowest BCUT2D eigenvalue weighted by Gasteiger charge is -2.12. The van der Waals surface area contributed by atoms with E-state index in [1.165, 1.54) is 0 Å². The zero-order chi connectivity index (χ0) is 14.2. The van der Waals surface area contributed by atoms with Crippen LogP contribution in [0.5, 0.6) is 0 Å². The van der Waals surface area contributed by atoms with Gasteiger partial charge in [-0.3, -0.25) is 9.78 Å². The molecule has 0 radical (unpaired) electrons. The summed E-state index contributed by atoms with van der Waals surface area (Å²) in [5.74, 6) is 0.560. The Morgan fingerprint density at radius 3 is 2.45 bits per heavy atom. The second-order valence-electron chi connectivity index (χ2n) is 4.85. The van der Waals surface area contributed by atoms with Gasteiger partial charge in [0, 0.05) is 43.0 Å². The van der Waals surface area contributed by atoms with Gasteiger partial charge in [0.15, 0.2) is 0 Å². The minimum atomic E-state index is -0.528. The van der Waals surface area contributed by atoms with Gasteiger partial charge in [-0.1, -0.05) is 11.6 Å². The van der Waals surface area contributed by atoms with E-state index in [9.17, 15) is 4.79 Å². The highest BCUT2D eigenvalue weighted by Crippen LogP contribution is 2.46. The first-order valence-corrected chi connectivity index (χ1v) is 6.69. The zero-order valence-electron chi connectivity index (χ0n) is 10.9. The Hall–Kier alpha value is -2.01. The molecule has 0 unspecified atom stereocenters. The third-order valence-electron chi connectivity index (χ3n) is 3.53. The predicted octanol–water partition coefficient (Wildman–Crippen LogP) is 1.97. The van der Waals surface area contributed by atoms with Crippen LogP contribution in [-0.4, -0.2) is 27.9 Å².